The third kappa shape index (κ3) is 3.70. The molecule has 4 N–H and O–H groups in total. The van der Waals surface area contributed by atoms with Gasteiger partial charge in [-0.05, 0) is 24.7 Å². The van der Waals surface area contributed by atoms with Crippen LogP contribution in [0.15, 0.2) is 55.9 Å². The zero-order valence-electron chi connectivity index (χ0n) is 14.1. The van der Waals surface area contributed by atoms with Gasteiger partial charge in [0.15, 0.2) is 4.77 Å². The summed E-state index contributed by atoms with van der Waals surface area (Å²) in [5, 5.41) is 10.6. The van der Waals surface area contributed by atoms with Gasteiger partial charge in [-0.2, -0.15) is 0 Å². The Balaban J connectivity index is 2.11. The van der Waals surface area contributed by atoms with Crippen molar-refractivity contribution in [1.29, 1.82) is 0 Å². The number of benzene rings is 1. The SMILES string of the molecule is CC(c1ccccc1)n1c(O)c(C=Nc2c[nH]c(=O)[nH]c2=O)c(=O)[nH]c1=S. The fourth-order valence-electron chi connectivity index (χ4n) is 2.54. The predicted molar refractivity (Wildman–Crippen MR) is 103 cm³/mol. The van der Waals surface area contributed by atoms with Crippen molar-refractivity contribution in [3.8, 4) is 5.88 Å². The number of hydrogen-bond donors (Lipinski definition) is 4. The molecule has 9 nitrogen and oxygen atoms in total. The topological polar surface area (TPSA) is 136 Å². The van der Waals surface area contributed by atoms with Gasteiger partial charge >= 0.3 is 5.69 Å². The number of nitrogens with zero attached hydrogens (tertiary/aromatic N) is 2. The van der Waals surface area contributed by atoms with Crippen LogP contribution in [0.5, 0.6) is 5.88 Å². The first kappa shape index (κ1) is 18.3. The van der Waals surface area contributed by atoms with E-state index >= 15 is 0 Å². The number of H-pyrrole nitrogens is 3. The summed E-state index contributed by atoms with van der Waals surface area (Å²) in [5.41, 5.74) is -1.48. The molecule has 0 radical (unpaired) electrons. The van der Waals surface area contributed by atoms with Gasteiger partial charge in [-0.15, -0.1) is 0 Å². The Hall–Kier alpha value is -3.53. The van der Waals surface area contributed by atoms with Gasteiger partial charge in [-0.3, -0.25) is 24.1 Å². The van der Waals surface area contributed by atoms with Gasteiger partial charge in [-0.1, -0.05) is 30.3 Å². The summed E-state index contributed by atoms with van der Waals surface area (Å²) in [6.45, 7) is 1.82. The van der Waals surface area contributed by atoms with Crippen LogP contribution in [0.3, 0.4) is 0 Å². The Labute approximate surface area is 156 Å². The lowest BCUT2D eigenvalue weighted by molar-refractivity contribution is 0.392. The molecule has 0 amide bonds. The van der Waals surface area contributed by atoms with Gasteiger partial charge < -0.3 is 10.1 Å². The van der Waals surface area contributed by atoms with Crippen LogP contribution in [0.4, 0.5) is 5.69 Å². The lowest BCUT2D eigenvalue weighted by Crippen LogP contribution is -2.22. The maximum atomic E-state index is 12.2. The first-order valence-corrected chi connectivity index (χ1v) is 8.28. The Morgan fingerprint density at radius 2 is 1.85 bits per heavy atom. The number of aromatic nitrogens is 4. The van der Waals surface area contributed by atoms with Crippen LogP contribution in [0.25, 0.3) is 0 Å². The molecular weight excluding hydrogens is 370 g/mol. The van der Waals surface area contributed by atoms with Crippen LogP contribution in [-0.4, -0.2) is 30.8 Å². The van der Waals surface area contributed by atoms with E-state index in [-0.39, 0.29) is 27.9 Å². The monoisotopic (exact) mass is 385 g/mol. The number of aliphatic imine (C=N–C) groups is 1. The largest absolute Gasteiger partial charge is 0.494 e. The molecule has 0 saturated heterocycles. The van der Waals surface area contributed by atoms with E-state index in [1.807, 2.05) is 42.2 Å². The number of aromatic hydroxyl groups is 1. The Kier molecular flexibility index (Phi) is 4.99. The van der Waals surface area contributed by atoms with Crippen LogP contribution in [-0.2, 0) is 0 Å². The van der Waals surface area contributed by atoms with E-state index in [4.69, 9.17) is 12.2 Å². The number of nitrogens with one attached hydrogen (secondary N) is 3. The molecule has 0 aliphatic heterocycles. The van der Waals surface area contributed by atoms with Crippen molar-refractivity contribution < 1.29 is 5.11 Å². The van der Waals surface area contributed by atoms with Crippen LogP contribution in [0, 0.1) is 4.77 Å². The maximum Gasteiger partial charge on any atom is 0.325 e. The van der Waals surface area contributed by atoms with Crippen molar-refractivity contribution in [3.63, 3.8) is 0 Å². The molecule has 2 aromatic heterocycles. The second kappa shape index (κ2) is 7.38. The highest BCUT2D eigenvalue weighted by Gasteiger charge is 2.17. The fraction of sp³-hybridized carbons (Fsp3) is 0.118. The first-order chi connectivity index (χ1) is 12.9. The minimum absolute atomic E-state index is 0.0490. The highest BCUT2D eigenvalue weighted by atomic mass is 32.1. The highest BCUT2D eigenvalue weighted by molar-refractivity contribution is 7.71. The van der Waals surface area contributed by atoms with E-state index in [0.29, 0.717) is 0 Å². The molecule has 0 fully saturated rings. The number of aromatic amines is 3. The van der Waals surface area contributed by atoms with Crippen LogP contribution >= 0.6 is 12.2 Å². The highest BCUT2D eigenvalue weighted by Crippen LogP contribution is 2.24. The van der Waals surface area contributed by atoms with Crippen molar-refractivity contribution in [2.45, 2.75) is 13.0 Å². The molecule has 0 aliphatic carbocycles. The van der Waals surface area contributed by atoms with Gasteiger partial charge in [0.25, 0.3) is 11.1 Å². The second-order valence-electron chi connectivity index (χ2n) is 5.67. The molecule has 0 bridgehead atoms. The second-order valence-corrected chi connectivity index (χ2v) is 6.06. The Morgan fingerprint density at radius 3 is 2.52 bits per heavy atom. The third-order valence-corrected chi connectivity index (χ3v) is 4.25. The average molecular weight is 385 g/mol. The van der Waals surface area contributed by atoms with Crippen LogP contribution < -0.4 is 16.8 Å². The van der Waals surface area contributed by atoms with E-state index in [0.717, 1.165) is 18.0 Å². The Morgan fingerprint density at radius 1 is 1.15 bits per heavy atom. The molecule has 1 atom stereocenters. The molecule has 27 heavy (non-hydrogen) atoms. The van der Waals surface area contributed by atoms with Gasteiger partial charge in [0.05, 0.1) is 6.04 Å². The van der Waals surface area contributed by atoms with E-state index < -0.39 is 16.8 Å². The summed E-state index contributed by atoms with van der Waals surface area (Å²) in [6.07, 6.45) is 2.14. The van der Waals surface area contributed by atoms with E-state index in [1.165, 1.54) is 4.57 Å². The van der Waals surface area contributed by atoms with Crippen molar-refractivity contribution in [2.24, 2.45) is 4.99 Å². The van der Waals surface area contributed by atoms with E-state index in [1.54, 1.807) is 0 Å². The number of rotatable bonds is 4. The quantitative estimate of drug-likeness (QED) is 0.397. The van der Waals surface area contributed by atoms with Crippen molar-refractivity contribution >= 4 is 24.1 Å². The van der Waals surface area contributed by atoms with Crippen LogP contribution in [0.2, 0.25) is 0 Å². The van der Waals surface area contributed by atoms with Crippen molar-refractivity contribution in [1.82, 2.24) is 19.5 Å². The number of hydrogen-bond acceptors (Lipinski definition) is 6. The zero-order chi connectivity index (χ0) is 19.6. The molecule has 2 heterocycles. The minimum atomic E-state index is -0.726. The molecule has 0 aliphatic rings. The summed E-state index contributed by atoms with van der Waals surface area (Å²) in [4.78, 5) is 45.6. The standard InChI is InChI=1S/C17H15N5O4S/c1-9(10-5-3-2-4-6-10)22-15(25)11(13(23)21-17(22)27)7-18-12-8-19-16(26)20-14(12)24/h2-9,25H,1H3,(H,21,23,27)(H2,19,20,24,26). The predicted octanol–water partition coefficient (Wildman–Crippen LogP) is 1.35. The third-order valence-electron chi connectivity index (χ3n) is 3.95. The van der Waals surface area contributed by atoms with Gasteiger partial charge in [0.2, 0.25) is 5.88 Å². The van der Waals surface area contributed by atoms with Gasteiger partial charge in [0, 0.05) is 12.4 Å². The van der Waals surface area contributed by atoms with Crippen molar-refractivity contribution in [2.75, 3.05) is 0 Å². The van der Waals surface area contributed by atoms with Crippen molar-refractivity contribution in [3.05, 3.63) is 83.6 Å². The molecule has 3 aromatic rings. The molecule has 0 saturated carbocycles. The summed E-state index contributed by atoms with van der Waals surface area (Å²) in [6, 6.07) is 8.93. The zero-order valence-corrected chi connectivity index (χ0v) is 14.9. The van der Waals surface area contributed by atoms with Gasteiger partial charge in [0.1, 0.15) is 11.3 Å². The maximum absolute atomic E-state index is 12.2. The Bertz CT molecular complexity index is 1240. The summed E-state index contributed by atoms with van der Waals surface area (Å²) >= 11 is 5.18. The molecule has 10 heteroatoms. The molecule has 3 rings (SSSR count). The average Bonchev–Trinajstić information content (AvgIpc) is 2.63. The van der Waals surface area contributed by atoms with E-state index in [2.05, 4.69) is 15.0 Å². The lowest BCUT2D eigenvalue weighted by atomic mass is 10.1. The molecule has 138 valence electrons. The normalized spacial score (nSPS) is 12.3. The molecule has 0 spiro atoms. The molecular formula is C17H15N5O4S. The lowest BCUT2D eigenvalue weighted by Gasteiger charge is -2.18. The van der Waals surface area contributed by atoms with E-state index in [9.17, 15) is 19.5 Å². The first-order valence-electron chi connectivity index (χ1n) is 7.87. The smallest absolute Gasteiger partial charge is 0.325 e. The van der Waals surface area contributed by atoms with Crippen LogP contribution in [0.1, 0.15) is 24.1 Å². The summed E-state index contributed by atoms with van der Waals surface area (Å²) in [5.74, 6) is -0.385. The fourth-order valence-corrected chi connectivity index (χ4v) is 2.88. The summed E-state index contributed by atoms with van der Waals surface area (Å²) < 4.78 is 1.43. The molecule has 1 unspecified atom stereocenters. The van der Waals surface area contributed by atoms with Gasteiger partial charge in [-0.25, -0.2) is 9.79 Å². The molecule has 1 aromatic carbocycles. The minimum Gasteiger partial charge on any atom is -0.494 e. The summed E-state index contributed by atoms with van der Waals surface area (Å²) in [7, 11) is 0.